The van der Waals surface area contributed by atoms with Crippen LogP contribution in [0.2, 0.25) is 0 Å². The highest BCUT2D eigenvalue weighted by Gasteiger charge is 2.34. The predicted octanol–water partition coefficient (Wildman–Crippen LogP) is 4.29. The van der Waals surface area contributed by atoms with Gasteiger partial charge < -0.3 is 10.2 Å². The van der Waals surface area contributed by atoms with E-state index in [0.29, 0.717) is 0 Å². The molecule has 118 valence electrons. The monoisotopic (exact) mass is 307 g/mol. The molecule has 0 amide bonds. The van der Waals surface area contributed by atoms with Gasteiger partial charge in [-0.15, -0.1) is 11.3 Å². The van der Waals surface area contributed by atoms with Crippen LogP contribution in [0.3, 0.4) is 0 Å². The zero-order valence-electron chi connectivity index (χ0n) is 13.9. The number of rotatable bonds is 7. The predicted molar refractivity (Wildman–Crippen MR) is 91.3 cm³/mol. The molecule has 1 aromatic heterocycles. The number of nitrogens with zero attached hydrogens (tertiary/aromatic N) is 2. The van der Waals surface area contributed by atoms with Crippen molar-refractivity contribution < 1.29 is 0 Å². The molecule has 0 spiro atoms. The van der Waals surface area contributed by atoms with Crippen molar-refractivity contribution in [3.05, 3.63) is 10.6 Å². The highest BCUT2D eigenvalue weighted by atomic mass is 32.1. The highest BCUT2D eigenvalue weighted by molar-refractivity contribution is 7.15. The fourth-order valence-corrected chi connectivity index (χ4v) is 3.87. The van der Waals surface area contributed by atoms with Crippen molar-refractivity contribution in [2.75, 3.05) is 11.4 Å². The third-order valence-corrected chi connectivity index (χ3v) is 5.27. The van der Waals surface area contributed by atoms with E-state index >= 15 is 0 Å². The summed E-state index contributed by atoms with van der Waals surface area (Å²) in [5.74, 6) is 0.745. The lowest BCUT2D eigenvalue weighted by molar-refractivity contribution is 0.425. The quantitative estimate of drug-likeness (QED) is 0.814. The third kappa shape index (κ3) is 3.98. The molecule has 0 saturated heterocycles. The fraction of sp³-hybridized carbons (Fsp3) is 0.824. The molecule has 0 aliphatic heterocycles. The van der Waals surface area contributed by atoms with Crippen molar-refractivity contribution in [3.63, 3.8) is 0 Å². The van der Waals surface area contributed by atoms with Gasteiger partial charge in [0.2, 0.25) is 0 Å². The maximum Gasteiger partial charge on any atom is 0.186 e. The fourth-order valence-electron chi connectivity index (χ4n) is 2.68. The number of hydrogen-bond donors (Lipinski definition) is 1. The van der Waals surface area contributed by atoms with E-state index in [9.17, 15) is 0 Å². The van der Waals surface area contributed by atoms with Crippen LogP contribution in [0.4, 0.5) is 5.13 Å². The average molecular weight is 308 g/mol. The summed E-state index contributed by atoms with van der Waals surface area (Å²) in [5.41, 5.74) is 1.57. The highest BCUT2D eigenvalue weighted by Crippen LogP contribution is 2.45. The summed E-state index contributed by atoms with van der Waals surface area (Å²) in [7, 11) is 0. The second kappa shape index (κ2) is 5.88. The van der Waals surface area contributed by atoms with Gasteiger partial charge in [0.1, 0.15) is 0 Å². The van der Waals surface area contributed by atoms with E-state index in [2.05, 4.69) is 37.9 Å². The molecule has 3 rings (SSSR count). The summed E-state index contributed by atoms with van der Waals surface area (Å²) in [6.07, 6.45) is 6.60. The van der Waals surface area contributed by atoms with Gasteiger partial charge >= 0.3 is 0 Å². The second-order valence-corrected chi connectivity index (χ2v) is 8.67. The molecule has 0 atom stereocenters. The molecule has 0 aromatic carbocycles. The van der Waals surface area contributed by atoms with Crippen molar-refractivity contribution in [2.45, 2.75) is 83.8 Å². The zero-order valence-corrected chi connectivity index (χ0v) is 14.7. The zero-order chi connectivity index (χ0) is 15.0. The molecule has 21 heavy (non-hydrogen) atoms. The third-order valence-electron chi connectivity index (χ3n) is 4.16. The van der Waals surface area contributed by atoms with Crippen LogP contribution in [-0.2, 0) is 6.54 Å². The maximum absolute atomic E-state index is 5.06. The lowest BCUT2D eigenvalue weighted by Gasteiger charge is -2.21. The molecule has 2 aliphatic carbocycles. The lowest BCUT2D eigenvalue weighted by atomic mass is 10.1. The molecule has 4 heteroatoms. The van der Waals surface area contributed by atoms with Gasteiger partial charge in [0.25, 0.3) is 0 Å². The molecule has 1 heterocycles. The van der Waals surface area contributed by atoms with Crippen LogP contribution in [0.1, 0.15) is 76.3 Å². The van der Waals surface area contributed by atoms with Crippen LogP contribution in [0.5, 0.6) is 0 Å². The molecule has 2 saturated carbocycles. The van der Waals surface area contributed by atoms with Gasteiger partial charge in [-0.3, -0.25) is 0 Å². The minimum absolute atomic E-state index is 0.171. The van der Waals surface area contributed by atoms with Crippen LogP contribution >= 0.6 is 11.3 Å². The second-order valence-electron chi connectivity index (χ2n) is 7.61. The van der Waals surface area contributed by atoms with Crippen LogP contribution < -0.4 is 10.2 Å². The summed E-state index contributed by atoms with van der Waals surface area (Å²) < 4.78 is 0. The Bertz CT molecular complexity index is 481. The summed E-state index contributed by atoms with van der Waals surface area (Å²) in [4.78, 5) is 9.10. The molecular weight excluding hydrogens is 278 g/mol. The van der Waals surface area contributed by atoms with Gasteiger partial charge in [0.15, 0.2) is 5.13 Å². The molecule has 2 aliphatic rings. The Balaban J connectivity index is 1.78. The normalized spacial score (nSPS) is 19.0. The van der Waals surface area contributed by atoms with Gasteiger partial charge in [-0.25, -0.2) is 4.98 Å². The lowest BCUT2D eigenvalue weighted by Crippen LogP contribution is -2.35. The summed E-state index contributed by atoms with van der Waals surface area (Å²) in [6, 6.07) is 0.770. The number of aromatic nitrogens is 1. The molecule has 0 unspecified atom stereocenters. The van der Waals surface area contributed by atoms with E-state index in [1.807, 2.05) is 11.3 Å². The topological polar surface area (TPSA) is 28.2 Å². The summed E-state index contributed by atoms with van der Waals surface area (Å²) in [6.45, 7) is 11.1. The first-order valence-electron chi connectivity index (χ1n) is 8.49. The molecule has 0 radical (unpaired) electrons. The Kier molecular flexibility index (Phi) is 4.28. The largest absolute Gasteiger partial charge is 0.345 e. The number of thiazole rings is 1. The van der Waals surface area contributed by atoms with E-state index in [4.69, 9.17) is 4.98 Å². The molecule has 0 bridgehead atoms. The van der Waals surface area contributed by atoms with E-state index in [1.165, 1.54) is 47.8 Å². The molecule has 2 fully saturated rings. The standard InChI is InChI=1S/C17H29N3S/c1-5-10-20(13-8-9-13)16-19-15(12-6-7-12)14(21-16)11-18-17(2,3)4/h12-13,18H,5-11H2,1-4H3. The van der Waals surface area contributed by atoms with Crippen molar-refractivity contribution in [1.82, 2.24) is 10.3 Å². The Morgan fingerprint density at radius 3 is 2.48 bits per heavy atom. The van der Waals surface area contributed by atoms with E-state index < -0.39 is 0 Å². The minimum Gasteiger partial charge on any atom is -0.345 e. The molecular formula is C17H29N3S. The van der Waals surface area contributed by atoms with Crippen LogP contribution in [0.25, 0.3) is 0 Å². The Morgan fingerprint density at radius 2 is 1.95 bits per heavy atom. The van der Waals surface area contributed by atoms with Crippen molar-refractivity contribution in [3.8, 4) is 0 Å². The minimum atomic E-state index is 0.171. The van der Waals surface area contributed by atoms with Crippen molar-refractivity contribution >= 4 is 16.5 Å². The van der Waals surface area contributed by atoms with Crippen molar-refractivity contribution in [2.24, 2.45) is 0 Å². The summed E-state index contributed by atoms with van der Waals surface area (Å²) in [5, 5.41) is 4.93. The van der Waals surface area contributed by atoms with E-state index in [0.717, 1.165) is 25.0 Å². The van der Waals surface area contributed by atoms with Crippen LogP contribution in [-0.4, -0.2) is 23.1 Å². The molecule has 3 nitrogen and oxygen atoms in total. The molecule has 1 N–H and O–H groups in total. The number of nitrogens with one attached hydrogen (secondary N) is 1. The first-order chi connectivity index (χ1) is 9.98. The van der Waals surface area contributed by atoms with Gasteiger partial charge in [0.05, 0.1) is 5.69 Å². The SMILES string of the molecule is CCCN(c1nc(C2CC2)c(CNC(C)(C)C)s1)C1CC1. The Morgan fingerprint density at radius 1 is 1.24 bits per heavy atom. The Hall–Kier alpha value is -0.610. The smallest absolute Gasteiger partial charge is 0.186 e. The van der Waals surface area contributed by atoms with E-state index in [-0.39, 0.29) is 5.54 Å². The van der Waals surface area contributed by atoms with Gasteiger partial charge in [0, 0.05) is 35.5 Å². The van der Waals surface area contributed by atoms with Crippen LogP contribution in [0.15, 0.2) is 0 Å². The number of anilines is 1. The van der Waals surface area contributed by atoms with Gasteiger partial charge in [-0.2, -0.15) is 0 Å². The average Bonchev–Trinajstić information content (AvgIpc) is 3.30. The molecule has 1 aromatic rings. The summed E-state index contributed by atoms with van der Waals surface area (Å²) >= 11 is 1.94. The van der Waals surface area contributed by atoms with Crippen molar-refractivity contribution in [1.29, 1.82) is 0 Å². The maximum atomic E-state index is 5.06. The Labute approximate surface area is 133 Å². The first-order valence-corrected chi connectivity index (χ1v) is 9.31. The van der Waals surface area contributed by atoms with Crippen LogP contribution in [0, 0.1) is 0 Å². The van der Waals surface area contributed by atoms with Gasteiger partial charge in [-0.05, 0) is 52.9 Å². The van der Waals surface area contributed by atoms with Gasteiger partial charge in [-0.1, -0.05) is 6.92 Å². The first kappa shape index (κ1) is 15.3. The number of hydrogen-bond acceptors (Lipinski definition) is 4. The van der Waals surface area contributed by atoms with E-state index in [1.54, 1.807) is 0 Å².